The summed E-state index contributed by atoms with van der Waals surface area (Å²) in [6.07, 6.45) is -4.36. The van der Waals surface area contributed by atoms with Crippen molar-refractivity contribution in [1.82, 2.24) is 10.6 Å². The molecule has 0 atom stereocenters. The molecule has 0 aliphatic carbocycles. The molecule has 25 heavy (non-hydrogen) atoms. The van der Waals surface area contributed by atoms with Crippen LogP contribution in [-0.2, 0) is 6.54 Å². The van der Waals surface area contributed by atoms with E-state index in [1.54, 1.807) is 12.1 Å². The second-order valence-corrected chi connectivity index (χ2v) is 5.85. The van der Waals surface area contributed by atoms with E-state index in [2.05, 4.69) is 15.6 Å². The minimum absolute atomic E-state index is 0.239. The lowest BCUT2D eigenvalue weighted by atomic mass is 10.2. The number of nitrogens with one attached hydrogen (secondary N) is 2. The maximum Gasteiger partial charge on any atom is 0.390 e. The number of ether oxygens (including phenoxy) is 2. The van der Waals surface area contributed by atoms with Crippen LogP contribution in [0.1, 0.15) is 25.3 Å². The fourth-order valence-electron chi connectivity index (χ4n) is 2.21. The fourth-order valence-corrected chi connectivity index (χ4v) is 2.50. The van der Waals surface area contributed by atoms with E-state index in [1.807, 2.05) is 6.92 Å². The van der Waals surface area contributed by atoms with Gasteiger partial charge < -0.3 is 20.1 Å². The Morgan fingerprint density at radius 2 is 2.00 bits per heavy atom. The van der Waals surface area contributed by atoms with E-state index in [0.717, 1.165) is 12.0 Å². The van der Waals surface area contributed by atoms with E-state index >= 15 is 0 Å². The highest BCUT2D eigenvalue weighted by Crippen LogP contribution is 2.38. The van der Waals surface area contributed by atoms with Gasteiger partial charge in [-0.2, -0.15) is 13.2 Å². The molecular weight excluding hydrogens is 359 g/mol. The maximum absolute atomic E-state index is 12.2. The van der Waals surface area contributed by atoms with E-state index in [9.17, 15) is 13.2 Å². The summed E-state index contributed by atoms with van der Waals surface area (Å²) in [5.41, 5.74) is 0.780. The van der Waals surface area contributed by atoms with Crippen LogP contribution in [0, 0.1) is 0 Å². The quantitative estimate of drug-likeness (QED) is 0.607. The van der Waals surface area contributed by atoms with Crippen molar-refractivity contribution in [3.05, 3.63) is 22.7 Å². The van der Waals surface area contributed by atoms with E-state index in [0.29, 0.717) is 42.2 Å². The van der Waals surface area contributed by atoms with Crippen LogP contribution in [0.4, 0.5) is 13.2 Å². The van der Waals surface area contributed by atoms with Crippen molar-refractivity contribution in [2.75, 3.05) is 26.3 Å². The molecule has 0 amide bonds. The smallest absolute Gasteiger partial charge is 0.390 e. The summed E-state index contributed by atoms with van der Waals surface area (Å²) in [6, 6.07) is 3.51. The van der Waals surface area contributed by atoms with Gasteiger partial charge >= 0.3 is 6.18 Å². The normalized spacial score (nSPS) is 14.8. The summed E-state index contributed by atoms with van der Waals surface area (Å²) in [5.74, 6) is 1.39. The van der Waals surface area contributed by atoms with Crippen LogP contribution in [0.15, 0.2) is 17.1 Å². The third kappa shape index (κ3) is 6.53. The Morgan fingerprint density at radius 1 is 1.24 bits per heavy atom. The van der Waals surface area contributed by atoms with E-state index < -0.39 is 12.6 Å². The van der Waals surface area contributed by atoms with Gasteiger partial charge in [-0.15, -0.1) is 0 Å². The van der Waals surface area contributed by atoms with Gasteiger partial charge in [0.25, 0.3) is 0 Å². The molecule has 0 saturated carbocycles. The highest BCUT2D eigenvalue weighted by Gasteiger charge is 2.26. The molecule has 1 aromatic rings. The summed E-state index contributed by atoms with van der Waals surface area (Å²) in [4.78, 5) is 4.29. The predicted molar refractivity (Wildman–Crippen MR) is 90.5 cm³/mol. The number of guanidine groups is 1. The monoisotopic (exact) mass is 379 g/mol. The summed E-state index contributed by atoms with van der Waals surface area (Å²) in [6.45, 7) is 3.47. The zero-order valence-corrected chi connectivity index (χ0v) is 14.6. The molecule has 0 spiro atoms. The molecule has 9 heteroatoms. The number of halogens is 4. The molecular formula is C16H21ClF3N3O2. The molecule has 2 rings (SSSR count). The average Bonchev–Trinajstić information content (AvgIpc) is 2.77. The van der Waals surface area contributed by atoms with Crippen molar-refractivity contribution < 1.29 is 22.6 Å². The van der Waals surface area contributed by atoms with Gasteiger partial charge in [0.1, 0.15) is 0 Å². The molecule has 2 N–H and O–H groups in total. The highest BCUT2D eigenvalue weighted by molar-refractivity contribution is 6.32. The first-order chi connectivity index (χ1) is 11.9. The Bertz CT molecular complexity index is 609. The standard InChI is InChI=1S/C16H21ClF3N3O2/c1-2-21-15(22-5-4-16(18,19)20)23-10-11-8-12(17)14-13(9-11)24-6-3-7-25-14/h8-9H,2-7,10H2,1H3,(H2,21,22,23). The van der Waals surface area contributed by atoms with E-state index in [-0.39, 0.29) is 13.1 Å². The molecule has 0 fully saturated rings. The lowest BCUT2D eigenvalue weighted by Gasteiger charge is -2.13. The lowest BCUT2D eigenvalue weighted by Crippen LogP contribution is -2.38. The SMILES string of the molecule is CCNC(=NCc1cc(Cl)c2c(c1)OCCCO2)NCCC(F)(F)F. The molecule has 1 aliphatic heterocycles. The average molecular weight is 380 g/mol. The summed E-state index contributed by atoms with van der Waals surface area (Å²) < 4.78 is 47.9. The first-order valence-electron chi connectivity index (χ1n) is 8.06. The summed E-state index contributed by atoms with van der Waals surface area (Å²) >= 11 is 6.22. The van der Waals surface area contributed by atoms with Crippen LogP contribution in [0.2, 0.25) is 5.02 Å². The van der Waals surface area contributed by atoms with E-state index in [4.69, 9.17) is 21.1 Å². The number of aliphatic imine (C=N–C) groups is 1. The second-order valence-electron chi connectivity index (χ2n) is 5.44. The Balaban J connectivity index is 2.04. The maximum atomic E-state index is 12.2. The van der Waals surface area contributed by atoms with Crippen molar-refractivity contribution in [3.63, 3.8) is 0 Å². The molecule has 1 heterocycles. The van der Waals surface area contributed by atoms with Crippen molar-refractivity contribution in [2.45, 2.75) is 32.5 Å². The summed E-state index contributed by atoms with van der Waals surface area (Å²) in [7, 11) is 0. The minimum Gasteiger partial charge on any atom is -0.489 e. The third-order valence-corrected chi connectivity index (χ3v) is 3.61. The van der Waals surface area contributed by atoms with Gasteiger partial charge in [0.2, 0.25) is 0 Å². The van der Waals surface area contributed by atoms with Gasteiger partial charge in [-0.1, -0.05) is 11.6 Å². The highest BCUT2D eigenvalue weighted by atomic mass is 35.5. The molecule has 0 unspecified atom stereocenters. The first kappa shape index (κ1) is 19.5. The molecule has 0 saturated heterocycles. The first-order valence-corrected chi connectivity index (χ1v) is 8.44. The van der Waals surface area contributed by atoms with Crippen molar-refractivity contribution >= 4 is 17.6 Å². The Hall–Kier alpha value is -1.83. The van der Waals surface area contributed by atoms with Crippen LogP contribution in [0.5, 0.6) is 11.5 Å². The molecule has 5 nitrogen and oxygen atoms in total. The lowest BCUT2D eigenvalue weighted by molar-refractivity contribution is -0.132. The predicted octanol–water partition coefficient (Wildman–Crippen LogP) is 3.51. The van der Waals surface area contributed by atoms with Gasteiger partial charge in [0.15, 0.2) is 17.5 Å². The second kappa shape index (κ2) is 9.03. The molecule has 0 radical (unpaired) electrons. The van der Waals surface area contributed by atoms with Crippen LogP contribution in [-0.4, -0.2) is 38.4 Å². The van der Waals surface area contributed by atoms with Crippen molar-refractivity contribution in [3.8, 4) is 11.5 Å². The van der Waals surface area contributed by atoms with Crippen molar-refractivity contribution in [2.24, 2.45) is 4.99 Å². The van der Waals surface area contributed by atoms with Gasteiger partial charge in [0, 0.05) is 19.5 Å². The van der Waals surface area contributed by atoms with Crippen LogP contribution in [0.3, 0.4) is 0 Å². The van der Waals surface area contributed by atoms with Crippen LogP contribution >= 0.6 is 11.6 Å². The van der Waals surface area contributed by atoms with Crippen LogP contribution in [0.25, 0.3) is 0 Å². The molecule has 1 aromatic carbocycles. The number of hydrogen-bond acceptors (Lipinski definition) is 3. The number of alkyl halides is 3. The number of nitrogens with zero attached hydrogens (tertiary/aromatic N) is 1. The minimum atomic E-state index is -4.20. The number of benzene rings is 1. The Labute approximate surface area is 149 Å². The van der Waals surface area contributed by atoms with E-state index in [1.165, 1.54) is 0 Å². The molecule has 1 aliphatic rings. The number of hydrogen-bond donors (Lipinski definition) is 2. The zero-order chi connectivity index (χ0) is 18.3. The van der Waals surface area contributed by atoms with Gasteiger partial charge in [-0.3, -0.25) is 0 Å². The molecule has 140 valence electrons. The Morgan fingerprint density at radius 3 is 2.72 bits per heavy atom. The molecule has 0 aromatic heterocycles. The Kier molecular flexibility index (Phi) is 7.04. The van der Waals surface area contributed by atoms with Gasteiger partial charge in [-0.05, 0) is 24.6 Å². The third-order valence-electron chi connectivity index (χ3n) is 3.33. The largest absolute Gasteiger partial charge is 0.489 e. The van der Waals surface area contributed by atoms with Crippen molar-refractivity contribution in [1.29, 1.82) is 0 Å². The number of rotatable bonds is 5. The van der Waals surface area contributed by atoms with Gasteiger partial charge in [0.05, 0.1) is 31.2 Å². The van der Waals surface area contributed by atoms with Crippen LogP contribution < -0.4 is 20.1 Å². The molecule has 0 bridgehead atoms. The van der Waals surface area contributed by atoms with Gasteiger partial charge in [-0.25, -0.2) is 4.99 Å². The number of fused-ring (bicyclic) bond motifs is 1. The topological polar surface area (TPSA) is 54.9 Å². The zero-order valence-electron chi connectivity index (χ0n) is 13.9. The fraction of sp³-hybridized carbons (Fsp3) is 0.562. The summed E-state index contributed by atoms with van der Waals surface area (Å²) in [5, 5.41) is 6.00.